The van der Waals surface area contributed by atoms with Crippen LogP contribution in [0.1, 0.15) is 12.2 Å². The van der Waals surface area contributed by atoms with Gasteiger partial charge in [-0.25, -0.2) is 4.98 Å². The predicted molar refractivity (Wildman–Crippen MR) is 84.4 cm³/mol. The summed E-state index contributed by atoms with van der Waals surface area (Å²) in [4.78, 5) is 5.56. The van der Waals surface area contributed by atoms with E-state index in [0.717, 1.165) is 28.9 Å². The minimum absolute atomic E-state index is 0.189. The van der Waals surface area contributed by atoms with E-state index >= 15 is 0 Å². The Hall–Kier alpha value is -0.780. The highest BCUT2D eigenvalue weighted by Crippen LogP contribution is 2.27. The summed E-state index contributed by atoms with van der Waals surface area (Å²) in [6.07, 6.45) is 5.69. The second-order valence-corrected chi connectivity index (χ2v) is 6.41. The summed E-state index contributed by atoms with van der Waals surface area (Å²) >= 11 is 5.35. The van der Waals surface area contributed by atoms with Gasteiger partial charge in [0.2, 0.25) is 0 Å². The molecule has 0 fully saturated rings. The maximum atomic E-state index is 6.17. The molecular formula is C14H18BrN3S. The van der Waals surface area contributed by atoms with E-state index in [9.17, 15) is 0 Å². The fraction of sp³-hybridized carbons (Fsp3) is 0.357. The lowest BCUT2D eigenvalue weighted by atomic mass is 10.2. The van der Waals surface area contributed by atoms with E-state index in [4.69, 9.17) is 5.73 Å². The van der Waals surface area contributed by atoms with Crippen LogP contribution in [0.5, 0.6) is 0 Å². The number of aromatic nitrogens is 2. The van der Waals surface area contributed by atoms with Crippen molar-refractivity contribution in [2.24, 2.45) is 12.8 Å². The van der Waals surface area contributed by atoms with E-state index in [1.807, 2.05) is 36.1 Å². The normalized spacial score (nSPS) is 12.6. The Kier molecular flexibility index (Phi) is 5.48. The highest BCUT2D eigenvalue weighted by atomic mass is 79.9. The predicted octanol–water partition coefficient (Wildman–Crippen LogP) is 3.23. The van der Waals surface area contributed by atoms with Crippen molar-refractivity contribution in [2.45, 2.75) is 23.8 Å². The lowest BCUT2D eigenvalue weighted by Gasteiger charge is -2.11. The van der Waals surface area contributed by atoms with Crippen molar-refractivity contribution < 1.29 is 0 Å². The van der Waals surface area contributed by atoms with Gasteiger partial charge in [-0.3, -0.25) is 0 Å². The van der Waals surface area contributed by atoms with Crippen LogP contribution in [0.2, 0.25) is 0 Å². The zero-order valence-corrected chi connectivity index (χ0v) is 13.3. The van der Waals surface area contributed by atoms with Gasteiger partial charge >= 0.3 is 0 Å². The lowest BCUT2D eigenvalue weighted by Crippen LogP contribution is -2.24. The van der Waals surface area contributed by atoms with E-state index in [-0.39, 0.29) is 6.04 Å². The van der Waals surface area contributed by atoms with Crippen LogP contribution in [0.4, 0.5) is 0 Å². The van der Waals surface area contributed by atoms with Crippen molar-refractivity contribution in [3.05, 3.63) is 47.0 Å². The molecule has 0 saturated heterocycles. The molecule has 0 saturated carbocycles. The number of aryl methyl sites for hydroxylation is 2. The molecule has 0 spiro atoms. The van der Waals surface area contributed by atoms with Gasteiger partial charge in [-0.2, -0.15) is 0 Å². The number of hydrogen-bond acceptors (Lipinski definition) is 3. The first-order valence-corrected chi connectivity index (χ1v) is 8.04. The van der Waals surface area contributed by atoms with Gasteiger partial charge in [0.05, 0.1) is 0 Å². The molecule has 102 valence electrons. The molecule has 5 heteroatoms. The molecule has 2 aromatic rings. The first kappa shape index (κ1) is 14.6. The van der Waals surface area contributed by atoms with Crippen LogP contribution >= 0.6 is 27.7 Å². The third-order valence-corrected chi connectivity index (χ3v) is 5.17. The first-order chi connectivity index (χ1) is 9.16. The van der Waals surface area contributed by atoms with Gasteiger partial charge in [0, 0.05) is 47.0 Å². The molecule has 0 aliphatic rings. The summed E-state index contributed by atoms with van der Waals surface area (Å²) in [5, 5.41) is 0. The monoisotopic (exact) mass is 339 g/mol. The van der Waals surface area contributed by atoms with Crippen LogP contribution in [0.25, 0.3) is 0 Å². The van der Waals surface area contributed by atoms with Gasteiger partial charge in [-0.05, 0) is 34.5 Å². The summed E-state index contributed by atoms with van der Waals surface area (Å²) in [5.74, 6) is 2.02. The number of halogens is 1. The fourth-order valence-electron chi connectivity index (χ4n) is 1.79. The second kappa shape index (κ2) is 7.12. The summed E-state index contributed by atoms with van der Waals surface area (Å²) in [7, 11) is 2.02. The lowest BCUT2D eigenvalue weighted by molar-refractivity contribution is 0.639. The second-order valence-electron chi connectivity index (χ2n) is 4.49. The molecule has 1 aromatic heterocycles. The van der Waals surface area contributed by atoms with Crippen molar-refractivity contribution in [3.63, 3.8) is 0 Å². The van der Waals surface area contributed by atoms with Gasteiger partial charge < -0.3 is 10.3 Å². The quantitative estimate of drug-likeness (QED) is 0.821. The van der Waals surface area contributed by atoms with E-state index < -0.39 is 0 Å². The minimum atomic E-state index is 0.189. The van der Waals surface area contributed by atoms with Crippen LogP contribution in [0.3, 0.4) is 0 Å². The topological polar surface area (TPSA) is 43.8 Å². The maximum Gasteiger partial charge on any atom is 0.108 e. The maximum absolute atomic E-state index is 6.17. The SMILES string of the molecule is Cn1ccnc1CCC(N)CSc1ccccc1Br. The van der Waals surface area contributed by atoms with Gasteiger partial charge in [-0.15, -0.1) is 11.8 Å². The Morgan fingerprint density at radius 3 is 2.89 bits per heavy atom. The summed E-state index contributed by atoms with van der Waals surface area (Å²) in [6.45, 7) is 0. The van der Waals surface area contributed by atoms with E-state index in [1.54, 1.807) is 11.8 Å². The van der Waals surface area contributed by atoms with Crippen molar-refractivity contribution >= 4 is 27.7 Å². The van der Waals surface area contributed by atoms with Crippen molar-refractivity contribution in [3.8, 4) is 0 Å². The minimum Gasteiger partial charge on any atom is -0.338 e. The summed E-state index contributed by atoms with van der Waals surface area (Å²) in [6, 6.07) is 8.43. The third kappa shape index (κ3) is 4.37. The molecule has 1 aromatic carbocycles. The Bertz CT molecular complexity index is 527. The smallest absolute Gasteiger partial charge is 0.108 e. The molecule has 2 N–H and O–H groups in total. The largest absolute Gasteiger partial charge is 0.338 e. The first-order valence-electron chi connectivity index (χ1n) is 6.26. The molecule has 1 unspecified atom stereocenters. The van der Waals surface area contributed by atoms with E-state index in [0.29, 0.717) is 0 Å². The van der Waals surface area contributed by atoms with Crippen LogP contribution in [-0.2, 0) is 13.5 Å². The van der Waals surface area contributed by atoms with Gasteiger partial charge in [0.25, 0.3) is 0 Å². The average molecular weight is 340 g/mol. The number of benzene rings is 1. The number of imidazole rings is 1. The molecule has 19 heavy (non-hydrogen) atoms. The van der Waals surface area contributed by atoms with Crippen LogP contribution in [0, 0.1) is 0 Å². The van der Waals surface area contributed by atoms with Crippen LogP contribution in [-0.4, -0.2) is 21.3 Å². The Balaban J connectivity index is 1.77. The molecule has 1 atom stereocenters. The van der Waals surface area contributed by atoms with Crippen molar-refractivity contribution in [1.29, 1.82) is 0 Å². The molecular weight excluding hydrogens is 322 g/mol. The van der Waals surface area contributed by atoms with Crippen molar-refractivity contribution in [1.82, 2.24) is 9.55 Å². The van der Waals surface area contributed by atoms with E-state index in [2.05, 4.69) is 33.0 Å². The molecule has 0 bridgehead atoms. The van der Waals surface area contributed by atoms with Crippen LogP contribution in [0.15, 0.2) is 46.0 Å². The molecule has 0 aliphatic heterocycles. The zero-order chi connectivity index (χ0) is 13.7. The van der Waals surface area contributed by atoms with Crippen molar-refractivity contribution in [2.75, 3.05) is 5.75 Å². The molecule has 0 amide bonds. The number of thioether (sulfide) groups is 1. The number of hydrogen-bond donors (Lipinski definition) is 1. The molecule has 0 radical (unpaired) electrons. The number of rotatable bonds is 6. The highest BCUT2D eigenvalue weighted by Gasteiger charge is 2.07. The third-order valence-electron chi connectivity index (χ3n) is 2.95. The Morgan fingerprint density at radius 2 is 2.21 bits per heavy atom. The Morgan fingerprint density at radius 1 is 1.42 bits per heavy atom. The van der Waals surface area contributed by atoms with E-state index in [1.165, 1.54) is 4.90 Å². The molecule has 1 heterocycles. The number of nitrogens with two attached hydrogens (primary N) is 1. The zero-order valence-electron chi connectivity index (χ0n) is 10.9. The molecule has 2 rings (SSSR count). The number of nitrogens with zero attached hydrogens (tertiary/aromatic N) is 2. The summed E-state index contributed by atoms with van der Waals surface area (Å²) < 4.78 is 3.18. The average Bonchev–Trinajstić information content (AvgIpc) is 2.81. The molecule has 0 aliphatic carbocycles. The summed E-state index contributed by atoms with van der Waals surface area (Å²) in [5.41, 5.74) is 6.17. The standard InChI is InChI=1S/C14H18BrN3S/c1-18-9-8-17-14(18)7-6-11(16)10-19-13-5-3-2-4-12(13)15/h2-5,8-9,11H,6-7,10,16H2,1H3. The van der Waals surface area contributed by atoms with Gasteiger partial charge in [0.1, 0.15) is 5.82 Å². The van der Waals surface area contributed by atoms with Crippen LogP contribution < -0.4 is 5.73 Å². The fourth-order valence-corrected chi connectivity index (χ4v) is 3.36. The van der Waals surface area contributed by atoms with Gasteiger partial charge in [0.15, 0.2) is 0 Å². The highest BCUT2D eigenvalue weighted by molar-refractivity contribution is 9.10. The van der Waals surface area contributed by atoms with Gasteiger partial charge in [-0.1, -0.05) is 12.1 Å². The Labute approximate surface area is 126 Å². The molecule has 3 nitrogen and oxygen atoms in total.